The fourth-order valence-corrected chi connectivity index (χ4v) is 5.34. The number of ether oxygens (including phenoxy) is 1. The summed E-state index contributed by atoms with van der Waals surface area (Å²) in [6.07, 6.45) is 2.49. The molecular formula is C28H41N5O5. The van der Waals surface area contributed by atoms with Crippen LogP contribution in [0.4, 0.5) is 10.5 Å². The third-order valence-corrected chi connectivity index (χ3v) is 7.46. The van der Waals surface area contributed by atoms with E-state index in [9.17, 15) is 19.2 Å². The lowest BCUT2D eigenvalue weighted by Gasteiger charge is -2.37. The molecule has 3 aliphatic heterocycles. The number of piperidine rings is 2. The average molecular weight is 528 g/mol. The van der Waals surface area contributed by atoms with E-state index in [0.29, 0.717) is 32.4 Å². The number of carbonyl (C=O) groups is 4. The monoisotopic (exact) mass is 527 g/mol. The third kappa shape index (κ3) is 7.69. The Hall–Kier alpha value is -3.14. The first-order valence-electron chi connectivity index (χ1n) is 13.8. The molecule has 3 fully saturated rings. The summed E-state index contributed by atoms with van der Waals surface area (Å²) in [6.45, 7) is 11.0. The van der Waals surface area contributed by atoms with Crippen molar-refractivity contribution < 1.29 is 23.9 Å². The fraction of sp³-hybridized carbons (Fsp3) is 0.643. The van der Waals surface area contributed by atoms with Crippen molar-refractivity contribution in [1.82, 2.24) is 20.4 Å². The Morgan fingerprint density at radius 2 is 1.74 bits per heavy atom. The molecule has 10 nitrogen and oxygen atoms in total. The van der Waals surface area contributed by atoms with Crippen LogP contribution in [-0.4, -0.2) is 91.1 Å². The van der Waals surface area contributed by atoms with E-state index in [0.717, 1.165) is 56.8 Å². The number of alkyl carbamates (subject to hydrolysis) is 1. The summed E-state index contributed by atoms with van der Waals surface area (Å²) < 4.78 is 5.33. The van der Waals surface area contributed by atoms with Gasteiger partial charge in [-0.3, -0.25) is 24.6 Å². The van der Waals surface area contributed by atoms with E-state index < -0.39 is 11.7 Å². The topological polar surface area (TPSA) is 111 Å². The summed E-state index contributed by atoms with van der Waals surface area (Å²) in [4.78, 5) is 55.1. The van der Waals surface area contributed by atoms with Gasteiger partial charge in [0.2, 0.25) is 17.7 Å². The molecule has 208 valence electrons. The zero-order valence-electron chi connectivity index (χ0n) is 22.8. The molecule has 4 rings (SSSR count). The quantitative estimate of drug-likeness (QED) is 0.546. The highest BCUT2D eigenvalue weighted by molar-refractivity contribution is 6.01. The molecule has 0 aromatic heterocycles. The second-order valence-electron chi connectivity index (χ2n) is 11.5. The van der Waals surface area contributed by atoms with Gasteiger partial charge in [-0.05, 0) is 57.7 Å². The van der Waals surface area contributed by atoms with Crippen LogP contribution in [0.3, 0.4) is 0 Å². The van der Waals surface area contributed by atoms with Crippen molar-refractivity contribution in [3.8, 4) is 0 Å². The van der Waals surface area contributed by atoms with Crippen LogP contribution in [0.5, 0.6) is 0 Å². The van der Waals surface area contributed by atoms with Crippen LogP contribution in [-0.2, 0) is 19.1 Å². The lowest BCUT2D eigenvalue weighted by molar-refractivity contribution is -0.134. The normalized spacial score (nSPS) is 21.7. The van der Waals surface area contributed by atoms with Crippen molar-refractivity contribution in [3.05, 3.63) is 29.8 Å². The van der Waals surface area contributed by atoms with E-state index >= 15 is 0 Å². The van der Waals surface area contributed by atoms with Gasteiger partial charge in [-0.15, -0.1) is 0 Å². The first-order valence-corrected chi connectivity index (χ1v) is 13.8. The molecule has 10 heteroatoms. The largest absolute Gasteiger partial charge is 0.444 e. The number of rotatable bonds is 6. The van der Waals surface area contributed by atoms with Gasteiger partial charge in [0.25, 0.3) is 0 Å². The molecule has 1 unspecified atom stereocenters. The van der Waals surface area contributed by atoms with E-state index in [-0.39, 0.29) is 29.7 Å². The summed E-state index contributed by atoms with van der Waals surface area (Å²) in [5.41, 5.74) is 1.52. The summed E-state index contributed by atoms with van der Waals surface area (Å²) in [6, 6.07) is 8.11. The van der Waals surface area contributed by atoms with Crippen LogP contribution < -0.4 is 15.5 Å². The molecule has 2 N–H and O–H groups in total. The summed E-state index contributed by atoms with van der Waals surface area (Å²) in [7, 11) is 0. The minimum absolute atomic E-state index is 0.0375. The fourth-order valence-electron chi connectivity index (χ4n) is 5.34. The van der Waals surface area contributed by atoms with Gasteiger partial charge >= 0.3 is 6.09 Å². The first kappa shape index (κ1) is 27.9. The number of hydrogen-bond acceptors (Lipinski definition) is 7. The summed E-state index contributed by atoms with van der Waals surface area (Å²) >= 11 is 0. The highest BCUT2D eigenvalue weighted by atomic mass is 16.6. The first-order chi connectivity index (χ1) is 18.1. The van der Waals surface area contributed by atoms with Crippen molar-refractivity contribution in [2.75, 3.05) is 50.7 Å². The van der Waals surface area contributed by atoms with Crippen LogP contribution in [0.25, 0.3) is 0 Å². The predicted octanol–water partition coefficient (Wildman–Crippen LogP) is 2.23. The Bertz CT molecular complexity index is 1020. The number of amides is 4. The van der Waals surface area contributed by atoms with Gasteiger partial charge in [0.05, 0.1) is 5.92 Å². The predicted molar refractivity (Wildman–Crippen MR) is 144 cm³/mol. The molecule has 0 aliphatic carbocycles. The van der Waals surface area contributed by atoms with Crippen LogP contribution in [0, 0.1) is 0 Å². The lowest BCUT2D eigenvalue weighted by Crippen LogP contribution is -2.49. The third-order valence-electron chi connectivity index (χ3n) is 7.46. The van der Waals surface area contributed by atoms with E-state index in [1.54, 1.807) is 0 Å². The maximum Gasteiger partial charge on any atom is 0.407 e. The summed E-state index contributed by atoms with van der Waals surface area (Å²) in [5.74, 6) is -0.522. The molecule has 1 atom stereocenters. The van der Waals surface area contributed by atoms with E-state index in [2.05, 4.69) is 32.6 Å². The molecule has 0 radical (unpaired) electrons. The number of carbonyl (C=O) groups excluding carboxylic acids is 4. The molecule has 0 bridgehead atoms. The van der Waals surface area contributed by atoms with E-state index in [1.807, 2.05) is 37.8 Å². The maximum atomic E-state index is 12.8. The molecule has 0 spiro atoms. The van der Waals surface area contributed by atoms with Crippen LogP contribution in [0.1, 0.15) is 64.4 Å². The number of nitrogens with one attached hydrogen (secondary N) is 2. The van der Waals surface area contributed by atoms with Crippen molar-refractivity contribution in [3.63, 3.8) is 0 Å². The van der Waals surface area contributed by atoms with Gasteiger partial charge in [-0.2, -0.15) is 0 Å². The number of piperazine rings is 1. The molecule has 1 aromatic carbocycles. The van der Waals surface area contributed by atoms with Gasteiger partial charge in [0.1, 0.15) is 5.60 Å². The highest BCUT2D eigenvalue weighted by Gasteiger charge is 2.29. The van der Waals surface area contributed by atoms with Gasteiger partial charge in [-0.25, -0.2) is 4.79 Å². The minimum atomic E-state index is -0.522. The highest BCUT2D eigenvalue weighted by Crippen LogP contribution is 2.28. The zero-order chi connectivity index (χ0) is 27.3. The Labute approximate surface area is 225 Å². The van der Waals surface area contributed by atoms with Crippen LogP contribution in [0.15, 0.2) is 24.3 Å². The smallest absolute Gasteiger partial charge is 0.407 e. The molecule has 4 amide bonds. The molecule has 3 saturated heterocycles. The van der Waals surface area contributed by atoms with Gasteiger partial charge in [-0.1, -0.05) is 12.1 Å². The molecule has 0 saturated carbocycles. The maximum absolute atomic E-state index is 12.8. The van der Waals surface area contributed by atoms with Gasteiger partial charge in [0.15, 0.2) is 0 Å². The zero-order valence-corrected chi connectivity index (χ0v) is 22.8. The van der Waals surface area contributed by atoms with Crippen LogP contribution >= 0.6 is 0 Å². The second kappa shape index (κ2) is 12.1. The Balaban J connectivity index is 1.17. The Morgan fingerprint density at radius 1 is 1.03 bits per heavy atom. The number of imide groups is 1. The lowest BCUT2D eigenvalue weighted by atomic mass is 9.90. The van der Waals surface area contributed by atoms with Crippen molar-refractivity contribution in [2.24, 2.45) is 0 Å². The van der Waals surface area contributed by atoms with Crippen molar-refractivity contribution in [1.29, 1.82) is 0 Å². The number of likely N-dealkylation sites (tertiary alicyclic amines) is 1. The Kier molecular flexibility index (Phi) is 8.91. The van der Waals surface area contributed by atoms with Gasteiger partial charge < -0.3 is 19.9 Å². The minimum Gasteiger partial charge on any atom is -0.444 e. The molecular weight excluding hydrogens is 486 g/mol. The summed E-state index contributed by atoms with van der Waals surface area (Å²) in [5, 5.41) is 5.36. The molecule has 1 aromatic rings. The average Bonchev–Trinajstić information content (AvgIpc) is 2.87. The SMILES string of the molecule is CC(C)(C)OC(=O)NC1CCN(C(=O)CCN2CCN(c3cccc(C4CCC(=O)NC4=O)c3)CC2)CC1. The number of anilines is 1. The van der Waals surface area contributed by atoms with Crippen molar-refractivity contribution in [2.45, 2.75) is 70.4 Å². The van der Waals surface area contributed by atoms with Crippen LogP contribution in [0.2, 0.25) is 0 Å². The van der Waals surface area contributed by atoms with E-state index in [4.69, 9.17) is 4.74 Å². The Morgan fingerprint density at radius 3 is 2.39 bits per heavy atom. The van der Waals surface area contributed by atoms with E-state index in [1.165, 1.54) is 0 Å². The standard InChI is InChI=1S/C28H41N5O5/c1-28(2,3)38-27(37)29-21-9-13-33(14-10-21)25(35)11-12-31-15-17-32(18-16-31)22-6-4-5-20(19-22)23-7-8-24(34)30-26(23)36/h4-6,19,21,23H,7-18H2,1-3H3,(H,29,37)(H,30,34,36). The van der Waals surface area contributed by atoms with Crippen molar-refractivity contribution >= 4 is 29.5 Å². The molecule has 38 heavy (non-hydrogen) atoms. The molecule has 3 heterocycles. The van der Waals surface area contributed by atoms with Gasteiger partial charge in [0, 0.05) is 70.4 Å². The number of nitrogens with zero attached hydrogens (tertiary/aromatic N) is 3. The number of hydrogen-bond donors (Lipinski definition) is 2. The number of benzene rings is 1. The molecule has 3 aliphatic rings. The second-order valence-corrected chi connectivity index (χ2v) is 11.5.